The van der Waals surface area contributed by atoms with Crippen LogP contribution in [0.4, 0.5) is 0 Å². The van der Waals surface area contributed by atoms with Gasteiger partial charge in [-0.1, -0.05) is 84.2 Å². The lowest BCUT2D eigenvalue weighted by molar-refractivity contribution is 0.954. The van der Waals surface area contributed by atoms with Crippen molar-refractivity contribution in [2.75, 3.05) is 5.75 Å². The van der Waals surface area contributed by atoms with Gasteiger partial charge < -0.3 is 0 Å². The Balaban J connectivity index is 1.67. The number of hydrogen-bond donors (Lipinski definition) is 0. The van der Waals surface area contributed by atoms with Crippen molar-refractivity contribution in [1.29, 1.82) is 5.26 Å². The van der Waals surface area contributed by atoms with Crippen molar-refractivity contribution in [2.24, 2.45) is 0 Å². The summed E-state index contributed by atoms with van der Waals surface area (Å²) in [5, 5.41) is 17.6. The van der Waals surface area contributed by atoms with Crippen LogP contribution < -0.4 is 0 Å². The molecule has 0 fully saturated rings. The average molecular weight is 370 g/mol. The van der Waals surface area contributed by atoms with Gasteiger partial charge in [-0.2, -0.15) is 5.26 Å². The van der Waals surface area contributed by atoms with E-state index >= 15 is 0 Å². The molecule has 6 heteroatoms. The van der Waals surface area contributed by atoms with Crippen LogP contribution in [0, 0.1) is 11.3 Å². The van der Waals surface area contributed by atoms with E-state index in [0.29, 0.717) is 5.56 Å². The van der Waals surface area contributed by atoms with Crippen LogP contribution in [0.3, 0.4) is 0 Å². The van der Waals surface area contributed by atoms with Gasteiger partial charge in [0.1, 0.15) is 0 Å². The predicted octanol–water partition coefficient (Wildman–Crippen LogP) is 5.48. The molecule has 0 saturated heterocycles. The first-order chi connectivity index (χ1) is 11.8. The molecule has 2 aromatic carbocycles. The summed E-state index contributed by atoms with van der Waals surface area (Å²) in [5.74, 6) is 1.89. The molecule has 0 N–H and O–H groups in total. The first-order valence-corrected chi connectivity index (χ1v) is 10.3. The fraction of sp³-hybridized carbons (Fsp3) is 0.167. The minimum Gasteiger partial charge on any atom is -0.192 e. The zero-order chi connectivity index (χ0) is 16.8. The molecule has 3 rings (SSSR count). The molecule has 0 aliphatic heterocycles. The molecule has 0 radical (unpaired) electrons. The van der Waals surface area contributed by atoms with Crippen LogP contribution in [0.15, 0.2) is 57.2 Å². The highest BCUT2D eigenvalue weighted by molar-refractivity contribution is 8.02. The molecule has 0 atom stereocenters. The van der Waals surface area contributed by atoms with E-state index in [0.717, 1.165) is 31.3 Å². The van der Waals surface area contributed by atoms with Crippen LogP contribution in [0.5, 0.6) is 0 Å². The van der Waals surface area contributed by atoms with Gasteiger partial charge in [0.05, 0.1) is 11.6 Å². The SMILES string of the molecule is CCSc1nnc(SCc2ccc(-c3ccccc3C#N)cc2)s1. The van der Waals surface area contributed by atoms with Crippen molar-refractivity contribution in [3.05, 3.63) is 59.7 Å². The molecule has 120 valence electrons. The van der Waals surface area contributed by atoms with Crippen molar-refractivity contribution in [1.82, 2.24) is 10.2 Å². The van der Waals surface area contributed by atoms with E-state index in [1.54, 1.807) is 34.9 Å². The minimum absolute atomic E-state index is 0.703. The first kappa shape index (κ1) is 17.0. The largest absolute Gasteiger partial charge is 0.192 e. The molecule has 0 aliphatic rings. The Morgan fingerprint density at radius 2 is 1.71 bits per heavy atom. The van der Waals surface area contributed by atoms with Crippen LogP contribution in [-0.2, 0) is 5.75 Å². The Bertz CT molecular complexity index is 850. The molecular formula is C18H15N3S3. The van der Waals surface area contributed by atoms with Gasteiger partial charge in [0, 0.05) is 5.75 Å². The van der Waals surface area contributed by atoms with E-state index < -0.39 is 0 Å². The first-order valence-electron chi connectivity index (χ1n) is 7.47. The topological polar surface area (TPSA) is 49.6 Å². The molecule has 1 heterocycles. The number of thioether (sulfide) groups is 2. The number of aromatic nitrogens is 2. The van der Waals surface area contributed by atoms with Gasteiger partial charge >= 0.3 is 0 Å². The Labute approximate surface area is 154 Å². The zero-order valence-corrected chi connectivity index (χ0v) is 15.5. The average Bonchev–Trinajstić information content (AvgIpc) is 3.08. The van der Waals surface area contributed by atoms with Gasteiger partial charge in [-0.25, -0.2) is 0 Å². The molecule has 0 saturated carbocycles. The maximum atomic E-state index is 9.22. The van der Waals surface area contributed by atoms with E-state index in [1.807, 2.05) is 24.3 Å². The predicted molar refractivity (Wildman–Crippen MR) is 102 cm³/mol. The second-order valence-corrected chi connectivity index (χ2v) is 8.62. The van der Waals surface area contributed by atoms with E-state index in [1.165, 1.54) is 5.56 Å². The van der Waals surface area contributed by atoms with Gasteiger partial charge in [-0.15, -0.1) is 10.2 Å². The zero-order valence-electron chi connectivity index (χ0n) is 13.1. The standard InChI is InChI=1S/C18H15N3S3/c1-2-22-17-20-21-18(24-17)23-12-13-7-9-14(10-8-13)16-6-4-3-5-15(16)11-19/h3-10H,2,12H2,1H3. The molecule has 1 aromatic heterocycles. The lowest BCUT2D eigenvalue weighted by Crippen LogP contribution is -1.85. The van der Waals surface area contributed by atoms with Crippen molar-refractivity contribution >= 4 is 34.9 Å². The lowest BCUT2D eigenvalue weighted by Gasteiger charge is -2.05. The molecule has 0 aliphatic carbocycles. The highest BCUT2D eigenvalue weighted by atomic mass is 32.2. The molecular weight excluding hydrogens is 354 g/mol. The Hall–Kier alpha value is -1.81. The summed E-state index contributed by atoms with van der Waals surface area (Å²) in [5.41, 5.74) is 3.98. The third-order valence-electron chi connectivity index (χ3n) is 3.33. The second kappa shape index (κ2) is 8.34. The number of nitriles is 1. The van der Waals surface area contributed by atoms with E-state index in [-0.39, 0.29) is 0 Å². The van der Waals surface area contributed by atoms with Crippen LogP contribution >= 0.6 is 34.9 Å². The van der Waals surface area contributed by atoms with Crippen LogP contribution in [0.25, 0.3) is 11.1 Å². The molecule has 0 bridgehead atoms. The van der Waals surface area contributed by atoms with Gasteiger partial charge in [0.25, 0.3) is 0 Å². The summed E-state index contributed by atoms with van der Waals surface area (Å²) >= 11 is 5.08. The summed E-state index contributed by atoms with van der Waals surface area (Å²) in [4.78, 5) is 0. The van der Waals surface area contributed by atoms with Crippen LogP contribution in [0.2, 0.25) is 0 Å². The molecule has 3 nitrogen and oxygen atoms in total. The van der Waals surface area contributed by atoms with Crippen LogP contribution in [0.1, 0.15) is 18.1 Å². The molecule has 24 heavy (non-hydrogen) atoms. The summed E-state index contributed by atoms with van der Waals surface area (Å²) in [6.07, 6.45) is 0. The summed E-state index contributed by atoms with van der Waals surface area (Å²) in [7, 11) is 0. The van der Waals surface area contributed by atoms with Gasteiger partial charge in [-0.3, -0.25) is 0 Å². The van der Waals surface area contributed by atoms with E-state index in [4.69, 9.17) is 0 Å². The highest BCUT2D eigenvalue weighted by Crippen LogP contribution is 2.31. The Kier molecular flexibility index (Phi) is 5.91. The van der Waals surface area contributed by atoms with Gasteiger partial charge in [0.2, 0.25) is 0 Å². The van der Waals surface area contributed by atoms with Crippen molar-refractivity contribution < 1.29 is 0 Å². The summed E-state index contributed by atoms with van der Waals surface area (Å²) in [6.45, 7) is 2.12. The molecule has 0 spiro atoms. The van der Waals surface area contributed by atoms with Crippen molar-refractivity contribution in [3.8, 4) is 17.2 Å². The Morgan fingerprint density at radius 1 is 1.00 bits per heavy atom. The molecule has 0 amide bonds. The van der Waals surface area contributed by atoms with Gasteiger partial charge in [-0.05, 0) is 28.5 Å². The maximum absolute atomic E-state index is 9.22. The number of nitrogens with zero attached hydrogens (tertiary/aromatic N) is 3. The number of benzene rings is 2. The fourth-order valence-corrected chi connectivity index (χ4v) is 5.07. The number of rotatable bonds is 6. The van der Waals surface area contributed by atoms with Gasteiger partial charge in [0.15, 0.2) is 8.68 Å². The van der Waals surface area contributed by atoms with Crippen LogP contribution in [-0.4, -0.2) is 16.0 Å². The monoisotopic (exact) mass is 369 g/mol. The third-order valence-corrected chi connectivity index (χ3v) is 6.47. The highest BCUT2D eigenvalue weighted by Gasteiger charge is 2.06. The summed E-state index contributed by atoms with van der Waals surface area (Å²) in [6, 6.07) is 18.3. The lowest BCUT2D eigenvalue weighted by atomic mass is 10.00. The number of hydrogen-bond acceptors (Lipinski definition) is 6. The smallest absolute Gasteiger partial charge is 0.175 e. The summed E-state index contributed by atoms with van der Waals surface area (Å²) < 4.78 is 2.04. The quantitative estimate of drug-likeness (QED) is 0.538. The third kappa shape index (κ3) is 4.18. The second-order valence-electron chi connectivity index (χ2n) is 4.91. The van der Waals surface area contributed by atoms with E-state index in [9.17, 15) is 5.26 Å². The molecule has 0 unspecified atom stereocenters. The maximum Gasteiger partial charge on any atom is 0.175 e. The molecule has 3 aromatic rings. The van der Waals surface area contributed by atoms with Crippen molar-refractivity contribution in [2.45, 2.75) is 21.4 Å². The normalized spacial score (nSPS) is 10.5. The Morgan fingerprint density at radius 3 is 2.42 bits per heavy atom. The van der Waals surface area contributed by atoms with E-state index in [2.05, 4.69) is 47.5 Å². The minimum atomic E-state index is 0.703. The fourth-order valence-electron chi connectivity index (χ4n) is 2.20. The van der Waals surface area contributed by atoms with Crippen molar-refractivity contribution in [3.63, 3.8) is 0 Å².